The van der Waals surface area contributed by atoms with Crippen LogP contribution in [-0.4, -0.2) is 37.0 Å². The van der Waals surface area contributed by atoms with Crippen molar-refractivity contribution in [3.63, 3.8) is 0 Å². The van der Waals surface area contributed by atoms with E-state index in [1.165, 1.54) is 0 Å². The molecule has 2 atom stereocenters. The van der Waals surface area contributed by atoms with Crippen molar-refractivity contribution in [2.24, 2.45) is 11.8 Å². The van der Waals surface area contributed by atoms with Crippen molar-refractivity contribution in [3.05, 3.63) is 34.3 Å². The highest BCUT2D eigenvalue weighted by Gasteiger charge is 2.38. The van der Waals surface area contributed by atoms with Gasteiger partial charge in [0.25, 0.3) is 5.91 Å². The maximum Gasteiger partial charge on any atom is 0.254 e. The molecule has 0 spiro atoms. The molecule has 1 aromatic rings. The van der Waals surface area contributed by atoms with Crippen molar-refractivity contribution >= 4 is 17.5 Å². The van der Waals surface area contributed by atoms with E-state index in [4.69, 9.17) is 11.6 Å². The Hall–Kier alpha value is -1.06. The molecule has 1 N–H and O–H groups in total. The summed E-state index contributed by atoms with van der Waals surface area (Å²) in [7, 11) is 0. The van der Waals surface area contributed by atoms with Crippen molar-refractivity contribution in [2.75, 3.05) is 26.2 Å². The van der Waals surface area contributed by atoms with Gasteiger partial charge in [-0.15, -0.1) is 0 Å². The fourth-order valence-electron chi connectivity index (χ4n) is 3.03. The van der Waals surface area contributed by atoms with Gasteiger partial charge in [0.1, 0.15) is 0 Å². The zero-order chi connectivity index (χ0) is 12.7. The number of hydrogen-bond acceptors (Lipinski definition) is 2. The first-order valence-electron chi connectivity index (χ1n) is 6.42. The molecule has 18 heavy (non-hydrogen) atoms. The molecule has 0 radical (unpaired) electrons. The lowest BCUT2D eigenvalue weighted by atomic mass is 10.0. The molecule has 4 heteroatoms. The highest BCUT2D eigenvalue weighted by molar-refractivity contribution is 6.31. The number of rotatable bonds is 1. The standard InChI is InChI=1S/C14H17ClN2O/c1-9-12(3-2-4-13(9)15)14(18)17-7-10-5-16-6-11(10)8-17/h2-4,10-11,16H,5-8H2,1H3/t10-,11+. The predicted molar refractivity (Wildman–Crippen MR) is 71.9 cm³/mol. The zero-order valence-electron chi connectivity index (χ0n) is 10.4. The topological polar surface area (TPSA) is 32.3 Å². The molecule has 0 aromatic heterocycles. The van der Waals surface area contributed by atoms with Crippen molar-refractivity contribution < 1.29 is 4.79 Å². The fourth-order valence-corrected chi connectivity index (χ4v) is 3.21. The minimum absolute atomic E-state index is 0.129. The van der Waals surface area contributed by atoms with E-state index in [2.05, 4.69) is 5.32 Å². The third kappa shape index (κ3) is 1.91. The van der Waals surface area contributed by atoms with Gasteiger partial charge in [0.05, 0.1) is 0 Å². The monoisotopic (exact) mass is 264 g/mol. The second-order valence-electron chi connectivity index (χ2n) is 5.30. The Bertz CT molecular complexity index is 477. The molecule has 2 aliphatic rings. The van der Waals surface area contributed by atoms with Crippen molar-refractivity contribution in [1.82, 2.24) is 10.2 Å². The summed E-state index contributed by atoms with van der Waals surface area (Å²) in [6.45, 7) is 5.75. The number of carbonyl (C=O) groups excluding carboxylic acids is 1. The van der Waals surface area contributed by atoms with E-state index in [0.29, 0.717) is 16.9 Å². The maximum absolute atomic E-state index is 12.5. The van der Waals surface area contributed by atoms with Crippen LogP contribution in [0.15, 0.2) is 18.2 Å². The Kier molecular flexibility index (Phi) is 3.04. The van der Waals surface area contributed by atoms with Gasteiger partial charge in [-0.05, 0) is 36.5 Å². The number of halogens is 1. The Balaban J connectivity index is 1.81. The van der Waals surface area contributed by atoms with Gasteiger partial charge >= 0.3 is 0 Å². The molecule has 0 unspecified atom stereocenters. The van der Waals surface area contributed by atoms with E-state index in [-0.39, 0.29) is 5.91 Å². The fraction of sp³-hybridized carbons (Fsp3) is 0.500. The van der Waals surface area contributed by atoms with Gasteiger partial charge in [0.2, 0.25) is 0 Å². The summed E-state index contributed by atoms with van der Waals surface area (Å²) in [6.07, 6.45) is 0. The van der Waals surface area contributed by atoms with Crippen LogP contribution in [0.2, 0.25) is 5.02 Å². The van der Waals surface area contributed by atoms with Crippen LogP contribution < -0.4 is 5.32 Å². The predicted octanol–water partition coefficient (Wildman–Crippen LogP) is 1.94. The Labute approximate surface area is 112 Å². The molecule has 1 aromatic carbocycles. The van der Waals surface area contributed by atoms with Crippen LogP contribution in [0, 0.1) is 18.8 Å². The first-order chi connectivity index (χ1) is 8.66. The second-order valence-corrected chi connectivity index (χ2v) is 5.71. The van der Waals surface area contributed by atoms with Gasteiger partial charge in [0, 0.05) is 36.8 Å². The Morgan fingerprint density at radius 3 is 2.67 bits per heavy atom. The molecular formula is C14H17ClN2O. The molecule has 0 aliphatic carbocycles. The molecule has 2 fully saturated rings. The van der Waals surface area contributed by atoms with Crippen LogP contribution in [0.3, 0.4) is 0 Å². The lowest BCUT2D eigenvalue weighted by Gasteiger charge is -2.19. The lowest BCUT2D eigenvalue weighted by Crippen LogP contribution is -2.32. The minimum Gasteiger partial charge on any atom is -0.338 e. The SMILES string of the molecule is Cc1c(Cl)cccc1C(=O)N1C[C@H]2CNC[C@H]2C1. The zero-order valence-corrected chi connectivity index (χ0v) is 11.2. The summed E-state index contributed by atoms with van der Waals surface area (Å²) in [5, 5.41) is 4.05. The third-order valence-electron chi connectivity index (χ3n) is 4.17. The summed E-state index contributed by atoms with van der Waals surface area (Å²) in [4.78, 5) is 14.5. The van der Waals surface area contributed by atoms with E-state index in [1.54, 1.807) is 0 Å². The van der Waals surface area contributed by atoms with Crippen molar-refractivity contribution in [2.45, 2.75) is 6.92 Å². The minimum atomic E-state index is 0.129. The molecule has 1 amide bonds. The van der Waals surface area contributed by atoms with Gasteiger partial charge in [-0.25, -0.2) is 0 Å². The van der Waals surface area contributed by atoms with E-state index in [0.717, 1.165) is 37.3 Å². The summed E-state index contributed by atoms with van der Waals surface area (Å²) in [5.41, 5.74) is 1.63. The molecular weight excluding hydrogens is 248 g/mol. The number of nitrogens with zero attached hydrogens (tertiary/aromatic N) is 1. The summed E-state index contributed by atoms with van der Waals surface area (Å²) < 4.78 is 0. The van der Waals surface area contributed by atoms with Crippen LogP contribution >= 0.6 is 11.6 Å². The van der Waals surface area contributed by atoms with Crippen LogP contribution in [0.1, 0.15) is 15.9 Å². The largest absolute Gasteiger partial charge is 0.338 e. The van der Waals surface area contributed by atoms with Crippen molar-refractivity contribution in [3.8, 4) is 0 Å². The van der Waals surface area contributed by atoms with E-state index >= 15 is 0 Å². The number of benzene rings is 1. The molecule has 2 heterocycles. The number of fused-ring (bicyclic) bond motifs is 1. The lowest BCUT2D eigenvalue weighted by molar-refractivity contribution is 0.0781. The van der Waals surface area contributed by atoms with E-state index < -0.39 is 0 Å². The van der Waals surface area contributed by atoms with Crippen LogP contribution in [0.25, 0.3) is 0 Å². The number of carbonyl (C=O) groups is 1. The van der Waals surface area contributed by atoms with Gasteiger partial charge in [-0.3, -0.25) is 4.79 Å². The number of nitrogens with one attached hydrogen (secondary N) is 1. The molecule has 3 nitrogen and oxygen atoms in total. The number of hydrogen-bond donors (Lipinski definition) is 1. The van der Waals surface area contributed by atoms with Gasteiger partial charge in [-0.2, -0.15) is 0 Å². The third-order valence-corrected chi connectivity index (χ3v) is 4.58. The second kappa shape index (κ2) is 4.56. The molecule has 2 saturated heterocycles. The summed E-state index contributed by atoms with van der Waals surface area (Å²) >= 11 is 6.08. The molecule has 0 saturated carbocycles. The normalized spacial score (nSPS) is 26.4. The van der Waals surface area contributed by atoms with Crippen LogP contribution in [-0.2, 0) is 0 Å². The molecule has 96 valence electrons. The highest BCUT2D eigenvalue weighted by atomic mass is 35.5. The Morgan fingerprint density at radius 1 is 1.33 bits per heavy atom. The molecule has 2 aliphatic heterocycles. The maximum atomic E-state index is 12.5. The van der Waals surface area contributed by atoms with Gasteiger partial charge in [-0.1, -0.05) is 17.7 Å². The number of likely N-dealkylation sites (tertiary alicyclic amines) is 1. The van der Waals surface area contributed by atoms with Crippen LogP contribution in [0.4, 0.5) is 0 Å². The van der Waals surface area contributed by atoms with E-state index in [1.807, 2.05) is 30.0 Å². The van der Waals surface area contributed by atoms with Crippen molar-refractivity contribution in [1.29, 1.82) is 0 Å². The smallest absolute Gasteiger partial charge is 0.254 e. The average Bonchev–Trinajstić information content (AvgIpc) is 2.92. The Morgan fingerprint density at radius 2 is 2.00 bits per heavy atom. The highest BCUT2D eigenvalue weighted by Crippen LogP contribution is 2.28. The molecule has 3 rings (SSSR count). The summed E-state index contributed by atoms with van der Waals surface area (Å²) in [6, 6.07) is 5.55. The first-order valence-corrected chi connectivity index (χ1v) is 6.79. The first kappa shape index (κ1) is 12.0. The summed E-state index contributed by atoms with van der Waals surface area (Å²) in [5.74, 6) is 1.39. The number of amides is 1. The van der Waals surface area contributed by atoms with Crippen LogP contribution in [0.5, 0.6) is 0 Å². The quantitative estimate of drug-likeness (QED) is 0.841. The van der Waals surface area contributed by atoms with Gasteiger partial charge in [0.15, 0.2) is 0 Å². The van der Waals surface area contributed by atoms with E-state index in [9.17, 15) is 4.79 Å². The van der Waals surface area contributed by atoms with Gasteiger partial charge < -0.3 is 10.2 Å². The molecule has 0 bridgehead atoms. The average molecular weight is 265 g/mol.